The third-order valence-corrected chi connectivity index (χ3v) is 5.58. The maximum absolute atomic E-state index is 12.6. The van der Waals surface area contributed by atoms with Gasteiger partial charge in [0.25, 0.3) is 0 Å². The predicted molar refractivity (Wildman–Crippen MR) is 95.9 cm³/mol. The Bertz CT molecular complexity index is 600. The molecule has 1 heterocycles. The summed E-state index contributed by atoms with van der Waals surface area (Å²) in [6.45, 7) is 5.42. The summed E-state index contributed by atoms with van der Waals surface area (Å²) in [4.78, 5) is 28.1. The second-order valence-corrected chi connectivity index (χ2v) is 7.35. The summed E-state index contributed by atoms with van der Waals surface area (Å²) in [5, 5.41) is 9.44. The van der Waals surface area contributed by atoms with Gasteiger partial charge in [-0.2, -0.15) is 0 Å². The Hall–Kier alpha value is -1.88. The molecule has 1 saturated carbocycles. The quantitative estimate of drug-likeness (QED) is 0.787. The van der Waals surface area contributed by atoms with Crippen LogP contribution in [0.15, 0.2) is 30.3 Å². The van der Waals surface area contributed by atoms with Crippen LogP contribution >= 0.6 is 0 Å². The van der Waals surface area contributed by atoms with E-state index in [0.717, 1.165) is 12.1 Å². The Morgan fingerprint density at radius 3 is 2.52 bits per heavy atom. The van der Waals surface area contributed by atoms with E-state index in [-0.39, 0.29) is 17.7 Å². The molecular formula is C20H28N2O3. The second kappa shape index (κ2) is 8.00. The van der Waals surface area contributed by atoms with Gasteiger partial charge in [0.1, 0.15) is 0 Å². The van der Waals surface area contributed by atoms with Gasteiger partial charge in [0.2, 0.25) is 5.91 Å². The van der Waals surface area contributed by atoms with Crippen molar-refractivity contribution >= 4 is 11.9 Å². The van der Waals surface area contributed by atoms with E-state index in [0.29, 0.717) is 38.5 Å². The molecule has 1 aromatic rings. The van der Waals surface area contributed by atoms with E-state index in [1.807, 2.05) is 42.2 Å². The fraction of sp³-hybridized carbons (Fsp3) is 0.600. The average Bonchev–Trinajstić information content (AvgIpc) is 3.37. The van der Waals surface area contributed by atoms with E-state index in [1.54, 1.807) is 0 Å². The van der Waals surface area contributed by atoms with E-state index >= 15 is 0 Å². The summed E-state index contributed by atoms with van der Waals surface area (Å²) >= 11 is 0. The molecule has 0 bridgehead atoms. The number of hydrogen-bond donors (Lipinski definition) is 1. The molecule has 3 rings (SSSR count). The molecule has 1 N–H and O–H groups in total. The highest BCUT2D eigenvalue weighted by Gasteiger charge is 2.45. The summed E-state index contributed by atoms with van der Waals surface area (Å²) in [6.07, 6.45) is 2.80. The number of amides is 1. The van der Waals surface area contributed by atoms with Crippen molar-refractivity contribution in [2.24, 2.45) is 17.8 Å². The first-order valence-corrected chi connectivity index (χ1v) is 9.35. The lowest BCUT2D eigenvalue weighted by Crippen LogP contribution is -2.34. The van der Waals surface area contributed by atoms with Gasteiger partial charge in [-0.25, -0.2) is 0 Å². The summed E-state index contributed by atoms with van der Waals surface area (Å²) in [5.41, 5.74) is 1.14. The van der Waals surface area contributed by atoms with Crippen LogP contribution in [0, 0.1) is 17.8 Å². The lowest BCUT2D eigenvalue weighted by molar-refractivity contribution is -0.142. The Morgan fingerprint density at radius 1 is 1.20 bits per heavy atom. The van der Waals surface area contributed by atoms with Crippen LogP contribution in [0.2, 0.25) is 0 Å². The minimum atomic E-state index is -0.676. The number of nitrogens with zero attached hydrogens (tertiary/aromatic N) is 2. The van der Waals surface area contributed by atoms with E-state index in [4.69, 9.17) is 0 Å². The normalized spacial score (nSPS) is 23.6. The maximum Gasteiger partial charge on any atom is 0.308 e. The molecule has 1 saturated heterocycles. The molecule has 5 heteroatoms. The molecule has 2 aliphatic rings. The third-order valence-electron chi connectivity index (χ3n) is 5.58. The molecule has 1 aliphatic heterocycles. The zero-order chi connectivity index (χ0) is 17.8. The van der Waals surface area contributed by atoms with E-state index < -0.39 is 5.97 Å². The van der Waals surface area contributed by atoms with Crippen LogP contribution < -0.4 is 0 Å². The third kappa shape index (κ3) is 4.60. The summed E-state index contributed by atoms with van der Waals surface area (Å²) in [5.74, 6) is 0.0820. The number of benzene rings is 1. The van der Waals surface area contributed by atoms with E-state index in [1.165, 1.54) is 12.8 Å². The zero-order valence-corrected chi connectivity index (χ0v) is 14.9. The van der Waals surface area contributed by atoms with Crippen LogP contribution in [-0.4, -0.2) is 53.0 Å². The lowest BCUT2D eigenvalue weighted by Gasteiger charge is -2.23. The van der Waals surface area contributed by atoms with Crippen molar-refractivity contribution in [1.82, 2.24) is 9.80 Å². The Morgan fingerprint density at radius 2 is 1.92 bits per heavy atom. The lowest BCUT2D eigenvalue weighted by atomic mass is 9.92. The number of carboxylic acids is 1. The predicted octanol–water partition coefficient (Wildman–Crippen LogP) is 2.47. The molecule has 5 nitrogen and oxygen atoms in total. The minimum Gasteiger partial charge on any atom is -0.481 e. The van der Waals surface area contributed by atoms with Gasteiger partial charge >= 0.3 is 5.97 Å². The number of hydrogen-bond acceptors (Lipinski definition) is 3. The molecule has 1 aromatic carbocycles. The van der Waals surface area contributed by atoms with Crippen molar-refractivity contribution in [2.45, 2.75) is 32.7 Å². The van der Waals surface area contributed by atoms with Crippen molar-refractivity contribution in [2.75, 3.05) is 26.2 Å². The maximum atomic E-state index is 12.6. The summed E-state index contributed by atoms with van der Waals surface area (Å²) in [6, 6.07) is 10.0. The number of carboxylic acid groups (broad SMARTS) is 1. The Kier molecular flexibility index (Phi) is 5.74. The SMILES string of the molecule is CCN(Cc1ccccc1)C(=O)CCN1C[C@@H](C(=O)O)[C@H](C2CC2)C1. The highest BCUT2D eigenvalue weighted by atomic mass is 16.4. The van der Waals surface area contributed by atoms with Gasteiger partial charge in [-0.1, -0.05) is 30.3 Å². The van der Waals surface area contributed by atoms with Crippen LogP contribution in [0.1, 0.15) is 31.7 Å². The van der Waals surface area contributed by atoms with Gasteiger partial charge in [0.15, 0.2) is 0 Å². The first-order chi connectivity index (χ1) is 12.1. The molecular weight excluding hydrogens is 316 g/mol. The number of carbonyl (C=O) groups is 2. The minimum absolute atomic E-state index is 0.146. The number of rotatable bonds is 8. The topological polar surface area (TPSA) is 60.9 Å². The molecule has 0 spiro atoms. The van der Waals surface area contributed by atoms with Gasteiger partial charge in [-0.3, -0.25) is 9.59 Å². The summed E-state index contributed by atoms with van der Waals surface area (Å²) < 4.78 is 0. The van der Waals surface area contributed by atoms with Gasteiger partial charge < -0.3 is 14.9 Å². The number of carbonyl (C=O) groups excluding carboxylic acids is 1. The molecule has 0 aromatic heterocycles. The van der Waals surface area contributed by atoms with Crippen LogP contribution in [0.5, 0.6) is 0 Å². The number of likely N-dealkylation sites (tertiary alicyclic amines) is 1. The molecule has 2 fully saturated rings. The van der Waals surface area contributed by atoms with Crippen molar-refractivity contribution in [3.05, 3.63) is 35.9 Å². The van der Waals surface area contributed by atoms with Crippen molar-refractivity contribution in [1.29, 1.82) is 0 Å². The van der Waals surface area contributed by atoms with E-state index in [9.17, 15) is 14.7 Å². The smallest absolute Gasteiger partial charge is 0.308 e. The molecule has 0 radical (unpaired) electrons. The van der Waals surface area contributed by atoms with Crippen LogP contribution in [0.25, 0.3) is 0 Å². The van der Waals surface area contributed by atoms with Gasteiger partial charge in [-0.15, -0.1) is 0 Å². The van der Waals surface area contributed by atoms with Crippen LogP contribution in [0.4, 0.5) is 0 Å². The van der Waals surface area contributed by atoms with E-state index in [2.05, 4.69) is 4.90 Å². The van der Waals surface area contributed by atoms with Gasteiger partial charge in [-0.05, 0) is 37.2 Å². The average molecular weight is 344 g/mol. The molecule has 1 amide bonds. The highest BCUT2D eigenvalue weighted by Crippen LogP contribution is 2.44. The van der Waals surface area contributed by atoms with Gasteiger partial charge in [0.05, 0.1) is 5.92 Å². The first-order valence-electron chi connectivity index (χ1n) is 9.35. The van der Waals surface area contributed by atoms with Crippen LogP contribution in [-0.2, 0) is 16.1 Å². The molecule has 0 unspecified atom stereocenters. The fourth-order valence-corrected chi connectivity index (χ4v) is 3.95. The Labute approximate surface area is 149 Å². The Balaban J connectivity index is 1.50. The largest absolute Gasteiger partial charge is 0.481 e. The fourth-order valence-electron chi connectivity index (χ4n) is 3.95. The molecule has 136 valence electrons. The van der Waals surface area contributed by atoms with Crippen molar-refractivity contribution in [3.63, 3.8) is 0 Å². The first kappa shape index (κ1) is 17.9. The second-order valence-electron chi connectivity index (χ2n) is 7.35. The highest BCUT2D eigenvalue weighted by molar-refractivity contribution is 5.76. The van der Waals surface area contributed by atoms with Gasteiger partial charge in [0, 0.05) is 39.1 Å². The zero-order valence-electron chi connectivity index (χ0n) is 14.9. The monoisotopic (exact) mass is 344 g/mol. The molecule has 1 aliphatic carbocycles. The standard InChI is InChI=1S/C20H28N2O3/c1-2-22(12-15-6-4-3-5-7-15)19(23)10-11-21-13-17(16-8-9-16)18(14-21)20(24)25/h3-7,16-18H,2,8-14H2,1H3,(H,24,25)/t17-,18+/m0/s1. The van der Waals surface area contributed by atoms with Crippen LogP contribution in [0.3, 0.4) is 0 Å². The molecule has 2 atom stereocenters. The summed E-state index contributed by atoms with van der Waals surface area (Å²) in [7, 11) is 0. The van der Waals surface area contributed by atoms with Crippen molar-refractivity contribution in [3.8, 4) is 0 Å². The molecule has 25 heavy (non-hydrogen) atoms. The number of aliphatic carboxylic acids is 1. The van der Waals surface area contributed by atoms with Crippen molar-refractivity contribution < 1.29 is 14.7 Å².